The highest BCUT2D eigenvalue weighted by Gasteiger charge is 2.23. The quantitative estimate of drug-likeness (QED) is 0.634. The third-order valence-corrected chi connectivity index (χ3v) is 2.12. The Labute approximate surface area is 73.9 Å². The number of rotatable bonds is 2. The number of hydrogen-bond donors (Lipinski definition) is 2. The van der Waals surface area contributed by atoms with Gasteiger partial charge in [-0.1, -0.05) is 20.8 Å². The molecule has 0 aliphatic carbocycles. The fourth-order valence-corrected chi connectivity index (χ4v) is 1.00. The van der Waals surface area contributed by atoms with Crippen LogP contribution in [0.25, 0.3) is 0 Å². The van der Waals surface area contributed by atoms with Gasteiger partial charge in [-0.25, -0.2) is 0 Å². The van der Waals surface area contributed by atoms with Crippen LogP contribution in [0.4, 0.5) is 0 Å². The molecule has 1 aliphatic heterocycles. The molecule has 1 amide bonds. The van der Waals surface area contributed by atoms with E-state index in [0.29, 0.717) is 6.04 Å². The summed E-state index contributed by atoms with van der Waals surface area (Å²) in [6, 6.07) is 0.510. The molecule has 0 bridgehead atoms. The summed E-state index contributed by atoms with van der Waals surface area (Å²) < 4.78 is 0. The summed E-state index contributed by atoms with van der Waals surface area (Å²) >= 11 is 0. The van der Waals surface area contributed by atoms with Gasteiger partial charge in [0.2, 0.25) is 5.91 Å². The molecule has 1 aliphatic rings. The van der Waals surface area contributed by atoms with Crippen LogP contribution in [-0.4, -0.2) is 25.0 Å². The first-order valence-electron chi connectivity index (χ1n) is 4.52. The molecule has 12 heavy (non-hydrogen) atoms. The van der Waals surface area contributed by atoms with Crippen LogP contribution in [0.5, 0.6) is 0 Å². The second-order valence-corrected chi connectivity index (χ2v) is 4.40. The summed E-state index contributed by atoms with van der Waals surface area (Å²) in [5.74, 6) is 0.135. The van der Waals surface area contributed by atoms with E-state index < -0.39 is 0 Å². The Bertz CT molecular complexity index is 168. The molecule has 0 aromatic heterocycles. The molecule has 1 atom stereocenters. The Balaban J connectivity index is 2.17. The second-order valence-electron chi connectivity index (χ2n) is 4.40. The lowest BCUT2D eigenvalue weighted by Crippen LogP contribution is -2.51. The van der Waals surface area contributed by atoms with Gasteiger partial charge >= 0.3 is 0 Å². The normalized spacial score (nSPS) is 23.1. The number of nitrogens with one attached hydrogen (secondary N) is 2. The van der Waals surface area contributed by atoms with Crippen LogP contribution in [0, 0.1) is 5.41 Å². The molecule has 3 heteroatoms. The van der Waals surface area contributed by atoms with Gasteiger partial charge in [0.15, 0.2) is 0 Å². The molecule has 1 saturated heterocycles. The van der Waals surface area contributed by atoms with Crippen LogP contribution in [0.2, 0.25) is 0 Å². The van der Waals surface area contributed by atoms with E-state index in [2.05, 4.69) is 10.6 Å². The topological polar surface area (TPSA) is 41.1 Å². The van der Waals surface area contributed by atoms with Gasteiger partial charge in [-0.3, -0.25) is 4.79 Å². The highest BCUT2D eigenvalue weighted by molar-refractivity contribution is 5.81. The third kappa shape index (κ3) is 2.48. The first-order chi connectivity index (χ1) is 5.50. The van der Waals surface area contributed by atoms with Gasteiger partial charge in [0.05, 0.1) is 0 Å². The van der Waals surface area contributed by atoms with Crippen molar-refractivity contribution in [1.29, 1.82) is 0 Å². The molecule has 0 aromatic carbocycles. The molecular weight excluding hydrogens is 152 g/mol. The SMILES string of the molecule is CC(C)(C)C(=O)NCC1CCN1. The van der Waals surface area contributed by atoms with Crippen LogP contribution in [0.15, 0.2) is 0 Å². The number of carbonyl (C=O) groups excluding carboxylic acids is 1. The largest absolute Gasteiger partial charge is 0.354 e. The van der Waals surface area contributed by atoms with Gasteiger partial charge < -0.3 is 10.6 Å². The zero-order valence-electron chi connectivity index (χ0n) is 8.11. The van der Waals surface area contributed by atoms with Crippen molar-refractivity contribution in [3.8, 4) is 0 Å². The van der Waals surface area contributed by atoms with E-state index in [-0.39, 0.29) is 11.3 Å². The maximum absolute atomic E-state index is 11.4. The van der Waals surface area contributed by atoms with Crippen LogP contribution < -0.4 is 10.6 Å². The Morgan fingerprint density at radius 1 is 1.58 bits per heavy atom. The molecular formula is C9H18N2O. The van der Waals surface area contributed by atoms with E-state index in [9.17, 15) is 4.79 Å². The number of carbonyl (C=O) groups is 1. The van der Waals surface area contributed by atoms with Gasteiger partial charge in [-0.05, 0) is 13.0 Å². The lowest BCUT2D eigenvalue weighted by atomic mass is 9.95. The van der Waals surface area contributed by atoms with E-state index >= 15 is 0 Å². The summed E-state index contributed by atoms with van der Waals surface area (Å²) in [6.45, 7) is 7.65. The zero-order chi connectivity index (χ0) is 9.19. The molecule has 3 nitrogen and oxygen atoms in total. The molecule has 0 aromatic rings. The second kappa shape index (κ2) is 3.44. The number of amides is 1. The molecule has 0 spiro atoms. The molecule has 70 valence electrons. The summed E-state index contributed by atoms with van der Waals surface area (Å²) in [5, 5.41) is 6.16. The molecule has 1 fully saturated rings. The van der Waals surface area contributed by atoms with Crippen LogP contribution in [0.1, 0.15) is 27.2 Å². The fraction of sp³-hybridized carbons (Fsp3) is 0.889. The Kier molecular flexibility index (Phi) is 2.73. The van der Waals surface area contributed by atoms with Gasteiger partial charge in [-0.2, -0.15) is 0 Å². The lowest BCUT2D eigenvalue weighted by molar-refractivity contribution is -0.128. The smallest absolute Gasteiger partial charge is 0.225 e. The maximum atomic E-state index is 11.4. The molecule has 1 unspecified atom stereocenters. The van der Waals surface area contributed by atoms with E-state index in [1.165, 1.54) is 6.42 Å². The van der Waals surface area contributed by atoms with Crippen molar-refractivity contribution in [2.45, 2.75) is 33.2 Å². The molecule has 0 radical (unpaired) electrons. The summed E-state index contributed by atoms with van der Waals surface area (Å²) in [6.07, 6.45) is 1.18. The first-order valence-corrected chi connectivity index (χ1v) is 4.52. The Morgan fingerprint density at radius 3 is 2.50 bits per heavy atom. The fourth-order valence-electron chi connectivity index (χ4n) is 1.00. The average molecular weight is 170 g/mol. The molecule has 0 saturated carbocycles. The monoisotopic (exact) mass is 170 g/mol. The molecule has 1 rings (SSSR count). The first kappa shape index (κ1) is 9.52. The molecule has 2 N–H and O–H groups in total. The van der Waals surface area contributed by atoms with Gasteiger partial charge in [-0.15, -0.1) is 0 Å². The van der Waals surface area contributed by atoms with E-state index in [0.717, 1.165) is 13.1 Å². The van der Waals surface area contributed by atoms with Crippen molar-refractivity contribution in [3.63, 3.8) is 0 Å². The van der Waals surface area contributed by atoms with Crippen molar-refractivity contribution in [3.05, 3.63) is 0 Å². The van der Waals surface area contributed by atoms with Crippen LogP contribution in [-0.2, 0) is 4.79 Å². The van der Waals surface area contributed by atoms with E-state index in [1.54, 1.807) is 0 Å². The minimum atomic E-state index is -0.260. The van der Waals surface area contributed by atoms with Crippen molar-refractivity contribution in [1.82, 2.24) is 10.6 Å². The highest BCUT2D eigenvalue weighted by atomic mass is 16.2. The van der Waals surface area contributed by atoms with Crippen molar-refractivity contribution >= 4 is 5.91 Å². The zero-order valence-corrected chi connectivity index (χ0v) is 8.11. The minimum absolute atomic E-state index is 0.135. The van der Waals surface area contributed by atoms with Gasteiger partial charge in [0.1, 0.15) is 0 Å². The van der Waals surface area contributed by atoms with Crippen molar-refractivity contribution in [2.75, 3.05) is 13.1 Å². The lowest BCUT2D eigenvalue weighted by Gasteiger charge is -2.29. The maximum Gasteiger partial charge on any atom is 0.225 e. The van der Waals surface area contributed by atoms with Gasteiger partial charge in [0, 0.05) is 18.0 Å². The predicted octanol–water partition coefficient (Wildman–Crippen LogP) is 0.511. The van der Waals surface area contributed by atoms with Crippen molar-refractivity contribution < 1.29 is 4.79 Å². The standard InChI is InChI=1S/C9H18N2O/c1-9(2,3)8(12)11-6-7-4-5-10-7/h7,10H,4-6H2,1-3H3,(H,11,12). The minimum Gasteiger partial charge on any atom is -0.354 e. The summed E-state index contributed by atoms with van der Waals surface area (Å²) in [5.41, 5.74) is -0.260. The van der Waals surface area contributed by atoms with Crippen molar-refractivity contribution in [2.24, 2.45) is 5.41 Å². The summed E-state index contributed by atoms with van der Waals surface area (Å²) in [7, 11) is 0. The third-order valence-electron chi connectivity index (χ3n) is 2.12. The Morgan fingerprint density at radius 2 is 2.17 bits per heavy atom. The van der Waals surface area contributed by atoms with E-state index in [4.69, 9.17) is 0 Å². The van der Waals surface area contributed by atoms with Crippen LogP contribution >= 0.6 is 0 Å². The number of hydrogen-bond acceptors (Lipinski definition) is 2. The summed E-state index contributed by atoms with van der Waals surface area (Å²) in [4.78, 5) is 11.4. The van der Waals surface area contributed by atoms with E-state index in [1.807, 2.05) is 20.8 Å². The molecule has 1 heterocycles. The highest BCUT2D eigenvalue weighted by Crippen LogP contribution is 2.12. The Hall–Kier alpha value is -0.570. The predicted molar refractivity (Wildman–Crippen MR) is 48.9 cm³/mol. The average Bonchev–Trinajstić information content (AvgIpc) is 1.81. The van der Waals surface area contributed by atoms with Gasteiger partial charge in [0.25, 0.3) is 0 Å². The van der Waals surface area contributed by atoms with Crippen LogP contribution in [0.3, 0.4) is 0 Å².